The fourth-order valence-electron chi connectivity index (χ4n) is 2.55. The van der Waals surface area contributed by atoms with Crippen LogP contribution in [0.2, 0.25) is 0 Å². The van der Waals surface area contributed by atoms with Crippen LogP contribution in [0.25, 0.3) is 10.8 Å². The van der Waals surface area contributed by atoms with E-state index in [2.05, 4.69) is 10.3 Å². The Balaban J connectivity index is 1.97. The van der Waals surface area contributed by atoms with Crippen LogP contribution in [-0.4, -0.2) is 42.0 Å². The molecule has 0 radical (unpaired) electrons. The van der Waals surface area contributed by atoms with Gasteiger partial charge in [-0.05, 0) is 30.5 Å². The highest BCUT2D eigenvalue weighted by molar-refractivity contribution is 5.96. The number of aromatic nitrogens is 1. The van der Waals surface area contributed by atoms with Crippen LogP contribution in [0.4, 0.5) is 0 Å². The fraction of sp³-hybridized carbons (Fsp3) is 0.333. The maximum atomic E-state index is 12.5. The van der Waals surface area contributed by atoms with Gasteiger partial charge in [-0.15, -0.1) is 0 Å². The number of benzene rings is 1. The molecule has 20 heavy (non-hydrogen) atoms. The second-order valence-electron chi connectivity index (χ2n) is 5.00. The summed E-state index contributed by atoms with van der Waals surface area (Å²) >= 11 is 0. The van der Waals surface area contributed by atoms with Gasteiger partial charge in [-0.3, -0.25) is 9.59 Å². The van der Waals surface area contributed by atoms with Crippen LogP contribution < -0.4 is 10.9 Å². The Kier molecular flexibility index (Phi) is 3.52. The van der Waals surface area contributed by atoms with E-state index in [0.29, 0.717) is 17.6 Å². The summed E-state index contributed by atoms with van der Waals surface area (Å²) in [5.41, 5.74) is 0.162. The molecule has 1 aromatic heterocycles. The van der Waals surface area contributed by atoms with E-state index in [9.17, 15) is 9.59 Å². The van der Waals surface area contributed by atoms with Crippen molar-refractivity contribution in [2.75, 3.05) is 26.2 Å². The topological polar surface area (TPSA) is 65.2 Å². The minimum atomic E-state index is -0.209. The minimum absolute atomic E-state index is 0.100. The molecule has 1 fully saturated rings. The van der Waals surface area contributed by atoms with E-state index in [-0.39, 0.29) is 11.5 Å². The van der Waals surface area contributed by atoms with Crippen LogP contribution in [0.15, 0.2) is 35.1 Å². The van der Waals surface area contributed by atoms with Gasteiger partial charge < -0.3 is 15.2 Å². The number of aromatic amines is 1. The number of H-pyrrole nitrogens is 1. The van der Waals surface area contributed by atoms with Gasteiger partial charge in [0, 0.05) is 25.0 Å². The van der Waals surface area contributed by atoms with Crippen molar-refractivity contribution in [2.45, 2.75) is 6.42 Å². The van der Waals surface area contributed by atoms with Gasteiger partial charge >= 0.3 is 0 Å². The first-order valence-electron chi connectivity index (χ1n) is 6.88. The van der Waals surface area contributed by atoms with E-state index >= 15 is 0 Å². The lowest BCUT2D eigenvalue weighted by Gasteiger charge is -2.19. The summed E-state index contributed by atoms with van der Waals surface area (Å²) in [7, 11) is 0. The predicted molar refractivity (Wildman–Crippen MR) is 78.0 cm³/mol. The fourth-order valence-corrected chi connectivity index (χ4v) is 2.55. The molecule has 0 spiro atoms. The standard InChI is InChI=1S/C15H17N3O2/c19-14-12-5-2-1-4-11(12)10-13(17-14)15(20)18-8-3-6-16-7-9-18/h1-2,4-5,10,16H,3,6-9H2,(H,17,19). The van der Waals surface area contributed by atoms with Gasteiger partial charge in [0.25, 0.3) is 11.5 Å². The molecule has 2 heterocycles. The smallest absolute Gasteiger partial charge is 0.270 e. The van der Waals surface area contributed by atoms with E-state index in [1.165, 1.54) is 0 Å². The SMILES string of the molecule is O=C(c1cc2ccccc2c(=O)[nH]1)N1CCCNCC1. The number of hydrogen-bond acceptors (Lipinski definition) is 3. The second-order valence-corrected chi connectivity index (χ2v) is 5.00. The van der Waals surface area contributed by atoms with Gasteiger partial charge in [-0.1, -0.05) is 18.2 Å². The first-order chi connectivity index (χ1) is 9.75. The minimum Gasteiger partial charge on any atom is -0.336 e. The number of nitrogens with one attached hydrogen (secondary N) is 2. The molecule has 1 saturated heterocycles. The van der Waals surface area contributed by atoms with Crippen LogP contribution in [0, 0.1) is 0 Å². The van der Waals surface area contributed by atoms with Crippen molar-refractivity contribution in [3.63, 3.8) is 0 Å². The van der Waals surface area contributed by atoms with Crippen molar-refractivity contribution in [2.24, 2.45) is 0 Å². The maximum Gasteiger partial charge on any atom is 0.270 e. The molecule has 2 N–H and O–H groups in total. The van der Waals surface area contributed by atoms with Crippen molar-refractivity contribution in [3.8, 4) is 0 Å². The van der Waals surface area contributed by atoms with Gasteiger partial charge in [0.1, 0.15) is 5.69 Å². The molecule has 3 rings (SSSR count). The van der Waals surface area contributed by atoms with Crippen molar-refractivity contribution in [1.29, 1.82) is 0 Å². The van der Waals surface area contributed by atoms with Crippen molar-refractivity contribution < 1.29 is 4.79 Å². The first kappa shape index (κ1) is 12.9. The zero-order chi connectivity index (χ0) is 13.9. The molecule has 1 aliphatic heterocycles. The van der Waals surface area contributed by atoms with Crippen molar-refractivity contribution >= 4 is 16.7 Å². The van der Waals surface area contributed by atoms with Crippen LogP contribution >= 0.6 is 0 Å². The Morgan fingerprint density at radius 1 is 1.15 bits per heavy atom. The number of hydrogen-bond donors (Lipinski definition) is 2. The highest BCUT2D eigenvalue weighted by atomic mass is 16.2. The number of nitrogens with zero attached hydrogens (tertiary/aromatic N) is 1. The highest BCUT2D eigenvalue weighted by Gasteiger charge is 2.18. The number of pyridine rings is 1. The van der Waals surface area contributed by atoms with Crippen LogP contribution in [-0.2, 0) is 0 Å². The summed E-state index contributed by atoms with van der Waals surface area (Å²) in [6.07, 6.45) is 0.934. The molecule has 0 saturated carbocycles. The third kappa shape index (κ3) is 2.44. The summed E-state index contributed by atoms with van der Waals surface area (Å²) in [6.45, 7) is 3.12. The van der Waals surface area contributed by atoms with Gasteiger partial charge in [-0.2, -0.15) is 0 Å². The molecule has 0 bridgehead atoms. The molecule has 0 unspecified atom stereocenters. The Labute approximate surface area is 116 Å². The van der Waals surface area contributed by atoms with Crippen LogP contribution in [0.1, 0.15) is 16.9 Å². The predicted octanol–water partition coefficient (Wildman–Crippen LogP) is 0.964. The van der Waals surface area contributed by atoms with E-state index < -0.39 is 0 Å². The average Bonchev–Trinajstić information content (AvgIpc) is 2.75. The Morgan fingerprint density at radius 2 is 2.00 bits per heavy atom. The largest absolute Gasteiger partial charge is 0.336 e. The summed E-state index contributed by atoms with van der Waals surface area (Å²) in [5, 5.41) is 4.67. The zero-order valence-electron chi connectivity index (χ0n) is 11.2. The van der Waals surface area contributed by atoms with Crippen LogP contribution in [0.5, 0.6) is 0 Å². The molecule has 1 amide bonds. The lowest BCUT2D eigenvalue weighted by atomic mass is 10.1. The average molecular weight is 271 g/mol. The highest BCUT2D eigenvalue weighted by Crippen LogP contribution is 2.11. The number of amides is 1. The quantitative estimate of drug-likeness (QED) is 0.812. The summed E-state index contributed by atoms with van der Waals surface area (Å²) < 4.78 is 0. The molecule has 2 aromatic rings. The van der Waals surface area contributed by atoms with E-state index in [1.807, 2.05) is 18.2 Å². The van der Waals surface area contributed by atoms with E-state index in [1.54, 1.807) is 17.0 Å². The maximum absolute atomic E-state index is 12.5. The first-order valence-corrected chi connectivity index (χ1v) is 6.88. The van der Waals surface area contributed by atoms with Gasteiger partial charge in [0.15, 0.2) is 0 Å². The Morgan fingerprint density at radius 3 is 2.90 bits per heavy atom. The molecule has 0 aliphatic carbocycles. The summed E-state index contributed by atoms with van der Waals surface area (Å²) in [5.74, 6) is -0.100. The Bertz CT molecular complexity index is 685. The number of rotatable bonds is 1. The van der Waals surface area contributed by atoms with Gasteiger partial charge in [-0.25, -0.2) is 0 Å². The second kappa shape index (κ2) is 5.46. The molecular weight excluding hydrogens is 254 g/mol. The molecule has 1 aliphatic rings. The third-order valence-corrected chi connectivity index (χ3v) is 3.61. The number of carbonyl (C=O) groups is 1. The van der Waals surface area contributed by atoms with Crippen molar-refractivity contribution in [1.82, 2.24) is 15.2 Å². The number of carbonyl (C=O) groups excluding carboxylic acids is 1. The molecular formula is C15H17N3O2. The molecule has 5 heteroatoms. The summed E-state index contributed by atoms with van der Waals surface area (Å²) in [4.78, 5) is 29.0. The molecule has 104 valence electrons. The third-order valence-electron chi connectivity index (χ3n) is 3.61. The molecule has 5 nitrogen and oxygen atoms in total. The Hall–Kier alpha value is -2.14. The van der Waals surface area contributed by atoms with Gasteiger partial charge in [0.05, 0.1) is 0 Å². The lowest BCUT2D eigenvalue weighted by Crippen LogP contribution is -2.35. The molecule has 0 atom stereocenters. The van der Waals surface area contributed by atoms with E-state index in [4.69, 9.17) is 0 Å². The lowest BCUT2D eigenvalue weighted by molar-refractivity contribution is 0.0760. The number of fused-ring (bicyclic) bond motifs is 1. The normalized spacial score (nSPS) is 16.1. The van der Waals surface area contributed by atoms with Gasteiger partial charge in [0.2, 0.25) is 0 Å². The summed E-state index contributed by atoms with van der Waals surface area (Å²) in [6, 6.07) is 9.06. The monoisotopic (exact) mass is 271 g/mol. The van der Waals surface area contributed by atoms with E-state index in [0.717, 1.165) is 31.4 Å². The van der Waals surface area contributed by atoms with Crippen molar-refractivity contribution in [3.05, 3.63) is 46.4 Å². The molecule has 1 aromatic carbocycles. The van der Waals surface area contributed by atoms with Crippen LogP contribution in [0.3, 0.4) is 0 Å². The zero-order valence-corrected chi connectivity index (χ0v) is 11.2.